The van der Waals surface area contributed by atoms with Crippen molar-refractivity contribution in [3.63, 3.8) is 0 Å². The van der Waals surface area contributed by atoms with Crippen LogP contribution in [0.5, 0.6) is 0 Å². The molecule has 0 aromatic carbocycles. The molecule has 18 heavy (non-hydrogen) atoms. The van der Waals surface area contributed by atoms with E-state index in [2.05, 4.69) is 0 Å². The van der Waals surface area contributed by atoms with Crippen molar-refractivity contribution >= 4 is 0 Å². The predicted octanol–water partition coefficient (Wildman–Crippen LogP) is 4.35. The second-order valence-electron chi connectivity index (χ2n) is 8.80. The first-order chi connectivity index (χ1) is 8.93. The molecule has 0 aromatic rings. The van der Waals surface area contributed by atoms with Crippen molar-refractivity contribution in [2.75, 3.05) is 0 Å². The van der Waals surface area contributed by atoms with E-state index in [1.54, 1.807) is 51.4 Å². The topological polar surface area (TPSA) is 0 Å². The van der Waals surface area contributed by atoms with E-state index in [4.69, 9.17) is 0 Å². The molecule has 0 N–H and O–H groups in total. The highest BCUT2D eigenvalue weighted by molar-refractivity contribution is 5.18. The summed E-state index contributed by atoms with van der Waals surface area (Å²) in [5.74, 6) is 12.3. The van der Waals surface area contributed by atoms with Crippen molar-refractivity contribution in [3.05, 3.63) is 0 Å². The summed E-state index contributed by atoms with van der Waals surface area (Å²) in [6.45, 7) is 0. The van der Waals surface area contributed by atoms with Crippen molar-refractivity contribution in [2.45, 2.75) is 51.4 Å². The zero-order valence-corrected chi connectivity index (χ0v) is 11.4. The van der Waals surface area contributed by atoms with Gasteiger partial charge in [0, 0.05) is 0 Å². The lowest BCUT2D eigenvalue weighted by Gasteiger charge is -2.76. The summed E-state index contributed by atoms with van der Waals surface area (Å²) < 4.78 is 0. The third kappa shape index (κ3) is 0.879. The predicted molar refractivity (Wildman–Crippen MR) is 71.8 cm³/mol. The average molecular weight is 242 g/mol. The van der Waals surface area contributed by atoms with Gasteiger partial charge in [0.1, 0.15) is 0 Å². The van der Waals surface area contributed by atoms with Gasteiger partial charge in [0.05, 0.1) is 0 Å². The summed E-state index contributed by atoms with van der Waals surface area (Å²) in [5, 5.41) is 0. The van der Waals surface area contributed by atoms with Gasteiger partial charge in [-0.2, -0.15) is 0 Å². The summed E-state index contributed by atoms with van der Waals surface area (Å²) in [6.07, 6.45) is 13.0. The smallest absolute Gasteiger partial charge is 0.0318 e. The van der Waals surface area contributed by atoms with Gasteiger partial charge in [-0.1, -0.05) is 12.8 Å². The van der Waals surface area contributed by atoms with Gasteiger partial charge in [0.15, 0.2) is 0 Å². The van der Waals surface area contributed by atoms with Crippen LogP contribution in [-0.4, -0.2) is 0 Å². The highest BCUT2D eigenvalue weighted by Gasteiger charge is 2.70. The quantitative estimate of drug-likeness (QED) is 0.592. The van der Waals surface area contributed by atoms with Crippen molar-refractivity contribution in [2.24, 2.45) is 59.2 Å². The van der Waals surface area contributed by atoms with Gasteiger partial charge in [-0.05, 0) is 97.7 Å². The molecule has 0 heterocycles. The molecule has 10 unspecified atom stereocenters. The summed E-state index contributed by atoms with van der Waals surface area (Å²) in [5.41, 5.74) is 0. The summed E-state index contributed by atoms with van der Waals surface area (Å²) >= 11 is 0. The minimum atomic E-state index is 1.22. The minimum absolute atomic E-state index is 1.22. The summed E-state index contributed by atoms with van der Waals surface area (Å²) in [6, 6.07) is 0. The van der Waals surface area contributed by atoms with Crippen LogP contribution in [0.1, 0.15) is 51.4 Å². The van der Waals surface area contributed by atoms with Gasteiger partial charge in [0.2, 0.25) is 0 Å². The fourth-order valence-corrected chi connectivity index (χ4v) is 8.30. The second-order valence-corrected chi connectivity index (χ2v) is 8.80. The number of hydrogen-bond donors (Lipinski definition) is 0. The Morgan fingerprint density at radius 3 is 1.33 bits per heavy atom. The van der Waals surface area contributed by atoms with Crippen LogP contribution in [-0.2, 0) is 0 Å². The van der Waals surface area contributed by atoms with Crippen LogP contribution in [0.4, 0.5) is 0 Å². The van der Waals surface area contributed by atoms with Crippen LogP contribution in [0.3, 0.4) is 0 Å². The number of fused-ring (bicyclic) bond motifs is 11. The fraction of sp³-hybridized carbons (Fsp3) is 1.00. The molecule has 0 amide bonds. The Morgan fingerprint density at radius 1 is 0.389 bits per heavy atom. The molecule has 6 aliphatic rings. The maximum Gasteiger partial charge on any atom is -0.0318 e. The van der Waals surface area contributed by atoms with Crippen LogP contribution < -0.4 is 0 Å². The Hall–Kier alpha value is 0. The van der Waals surface area contributed by atoms with Crippen molar-refractivity contribution in [1.29, 1.82) is 0 Å². The van der Waals surface area contributed by atoms with Crippen LogP contribution in [0.25, 0.3) is 0 Å². The molecule has 0 bridgehead atoms. The summed E-state index contributed by atoms with van der Waals surface area (Å²) in [7, 11) is 0. The fourth-order valence-electron chi connectivity index (χ4n) is 8.30. The van der Waals surface area contributed by atoms with Gasteiger partial charge < -0.3 is 0 Å². The molecule has 0 saturated heterocycles. The Labute approximate surface area is 111 Å². The SMILES string of the molecule is C1CCC2C(C1)C1C3CC4C5CCC5C4CC3C21. The van der Waals surface area contributed by atoms with Crippen molar-refractivity contribution < 1.29 is 0 Å². The molecule has 0 radical (unpaired) electrons. The number of hydrogen-bond acceptors (Lipinski definition) is 0. The monoisotopic (exact) mass is 242 g/mol. The zero-order valence-electron chi connectivity index (χ0n) is 11.4. The molecule has 0 aromatic heterocycles. The highest BCUT2D eigenvalue weighted by atomic mass is 14.7. The Bertz CT molecular complexity index is 361. The van der Waals surface area contributed by atoms with E-state index in [1.807, 2.05) is 0 Å². The van der Waals surface area contributed by atoms with Crippen molar-refractivity contribution in [3.8, 4) is 0 Å². The Kier molecular flexibility index (Phi) is 1.65. The third-order valence-corrected chi connectivity index (χ3v) is 8.97. The van der Waals surface area contributed by atoms with Crippen LogP contribution >= 0.6 is 0 Å². The normalized spacial score (nSPS) is 70.7. The van der Waals surface area contributed by atoms with Crippen LogP contribution in [0.2, 0.25) is 0 Å². The van der Waals surface area contributed by atoms with E-state index in [-0.39, 0.29) is 0 Å². The molecular formula is C18H26. The van der Waals surface area contributed by atoms with Crippen LogP contribution in [0.15, 0.2) is 0 Å². The Balaban J connectivity index is 1.27. The van der Waals surface area contributed by atoms with Gasteiger partial charge in [-0.25, -0.2) is 0 Å². The maximum absolute atomic E-state index is 1.70. The minimum Gasteiger partial charge on any atom is -0.0530 e. The molecule has 98 valence electrons. The van der Waals surface area contributed by atoms with Gasteiger partial charge in [-0.15, -0.1) is 0 Å². The Morgan fingerprint density at radius 2 is 0.889 bits per heavy atom. The molecule has 6 fully saturated rings. The largest absolute Gasteiger partial charge is 0.0530 e. The van der Waals surface area contributed by atoms with E-state index in [0.717, 1.165) is 0 Å². The second kappa shape index (κ2) is 3.01. The average Bonchev–Trinajstić information content (AvgIpc) is 2.31. The van der Waals surface area contributed by atoms with E-state index in [0.29, 0.717) is 0 Å². The molecule has 6 rings (SSSR count). The van der Waals surface area contributed by atoms with E-state index < -0.39 is 0 Å². The lowest BCUT2D eigenvalue weighted by molar-refractivity contribution is -0.278. The first-order valence-corrected chi connectivity index (χ1v) is 8.93. The maximum atomic E-state index is 1.70. The molecule has 0 spiro atoms. The first-order valence-electron chi connectivity index (χ1n) is 8.93. The molecule has 6 aliphatic carbocycles. The molecule has 10 atom stereocenters. The molecular weight excluding hydrogens is 216 g/mol. The lowest BCUT2D eigenvalue weighted by Crippen LogP contribution is -2.70. The zero-order chi connectivity index (χ0) is 11.4. The van der Waals surface area contributed by atoms with E-state index >= 15 is 0 Å². The third-order valence-electron chi connectivity index (χ3n) is 8.97. The molecule has 0 heteroatoms. The van der Waals surface area contributed by atoms with E-state index in [1.165, 1.54) is 59.2 Å². The molecule has 0 nitrogen and oxygen atoms in total. The number of rotatable bonds is 0. The highest BCUT2D eigenvalue weighted by Crippen LogP contribution is 2.76. The summed E-state index contributed by atoms with van der Waals surface area (Å²) in [4.78, 5) is 0. The van der Waals surface area contributed by atoms with Gasteiger partial charge >= 0.3 is 0 Å². The van der Waals surface area contributed by atoms with Gasteiger partial charge in [0.25, 0.3) is 0 Å². The molecule has 6 saturated carbocycles. The van der Waals surface area contributed by atoms with Crippen molar-refractivity contribution in [1.82, 2.24) is 0 Å². The lowest BCUT2D eigenvalue weighted by atomic mass is 9.29. The standard InChI is InChI=1S/C18H26/c1-2-4-12-11(3-1)17-15-7-13-9-5-6-10(9)14(13)8-16(15)18(12)17/h9-18H,1-8H2. The van der Waals surface area contributed by atoms with E-state index in [9.17, 15) is 0 Å². The van der Waals surface area contributed by atoms with Crippen LogP contribution in [0, 0.1) is 59.2 Å². The molecule has 0 aliphatic heterocycles. The first kappa shape index (κ1) is 9.83. The van der Waals surface area contributed by atoms with Gasteiger partial charge in [-0.3, -0.25) is 0 Å².